The fraction of sp³-hybridized carbons (Fsp3) is 0.348. The molecule has 5 aromatic rings. The van der Waals surface area contributed by atoms with Crippen LogP contribution in [-0.4, -0.2) is 121 Å². The van der Waals surface area contributed by atoms with E-state index in [0.29, 0.717) is 35.7 Å². The Hall–Kier alpha value is -6.95. The number of piperidine rings is 1. The molecule has 5 aliphatic heterocycles. The lowest BCUT2D eigenvalue weighted by Gasteiger charge is -2.45. The number of nitrogens with zero attached hydrogens (tertiary/aromatic N) is 8. The number of aromatic nitrogens is 2. The van der Waals surface area contributed by atoms with Crippen LogP contribution in [0.25, 0.3) is 16.6 Å². The summed E-state index contributed by atoms with van der Waals surface area (Å²) < 4.78 is 65.1. The second kappa shape index (κ2) is 17.1. The second-order valence-electron chi connectivity index (χ2n) is 17.3. The van der Waals surface area contributed by atoms with Crippen molar-refractivity contribution in [2.45, 2.75) is 38.0 Å². The molecule has 4 fully saturated rings. The molecule has 0 spiro atoms. The number of carbonyl (C=O) groups excluding carboxylic acids is 3. The number of benzene rings is 4. The largest absolute Gasteiger partial charge is 0.453 e. The van der Waals surface area contributed by atoms with Crippen LogP contribution in [0.2, 0.25) is 0 Å². The zero-order valence-corrected chi connectivity index (χ0v) is 36.3. The van der Waals surface area contributed by atoms with Crippen LogP contribution in [0.4, 0.5) is 25.8 Å². The Morgan fingerprint density at radius 2 is 1.62 bits per heavy atom. The molecule has 2 atom stereocenters. The molecule has 0 aliphatic carbocycles. The van der Waals surface area contributed by atoms with Gasteiger partial charge in [-0.25, -0.2) is 13.8 Å². The molecule has 1 aromatic heterocycles. The first-order valence-electron chi connectivity index (χ1n) is 21.8. The maximum Gasteiger partial charge on any atom is 0.301 e. The molecule has 17 nitrogen and oxygen atoms in total. The van der Waals surface area contributed by atoms with E-state index in [-0.39, 0.29) is 54.6 Å². The fourth-order valence-electron chi connectivity index (χ4n) is 9.46. The van der Waals surface area contributed by atoms with Crippen molar-refractivity contribution in [3.05, 3.63) is 112 Å². The number of ether oxygens (including phenoxy) is 1. The molecular weight excluding hydrogens is 875 g/mol. The zero-order valence-electron chi connectivity index (χ0n) is 35.5. The number of hydrogen-bond donors (Lipinski definition) is 2. The van der Waals surface area contributed by atoms with E-state index in [1.54, 1.807) is 11.0 Å². The van der Waals surface area contributed by atoms with Crippen LogP contribution in [0.3, 0.4) is 0 Å². The lowest BCUT2D eigenvalue weighted by Crippen LogP contribution is -2.55. The average molecular weight is 919 g/mol. The van der Waals surface area contributed by atoms with Crippen molar-refractivity contribution in [3.63, 3.8) is 0 Å². The van der Waals surface area contributed by atoms with Crippen molar-refractivity contribution in [1.29, 1.82) is 5.26 Å². The fourth-order valence-corrected chi connectivity index (χ4v) is 10.7. The number of nitriles is 1. The topological polar surface area (TPSA) is 194 Å². The maximum atomic E-state index is 15.2. The minimum Gasteiger partial charge on any atom is -0.453 e. The van der Waals surface area contributed by atoms with E-state index in [0.717, 1.165) is 79.2 Å². The third kappa shape index (κ3) is 8.18. The lowest BCUT2D eigenvalue weighted by molar-refractivity contribution is -0.136. The van der Waals surface area contributed by atoms with Gasteiger partial charge in [-0.1, -0.05) is 0 Å². The summed E-state index contributed by atoms with van der Waals surface area (Å²) in [6.45, 7) is 6.23. The van der Waals surface area contributed by atoms with Crippen LogP contribution < -0.4 is 30.1 Å². The number of fused-ring (bicyclic) bond motifs is 2. The summed E-state index contributed by atoms with van der Waals surface area (Å²) in [4.78, 5) is 64.2. The van der Waals surface area contributed by atoms with Gasteiger partial charge in [-0.3, -0.25) is 38.7 Å². The first-order valence-corrected chi connectivity index (χ1v) is 23.2. The van der Waals surface area contributed by atoms with Gasteiger partial charge in [0.1, 0.15) is 35.9 Å². The number of anilines is 3. The molecule has 20 heteroatoms. The van der Waals surface area contributed by atoms with Gasteiger partial charge in [-0.15, -0.1) is 0 Å². The van der Waals surface area contributed by atoms with Crippen LogP contribution in [0.15, 0.2) is 83.9 Å². The highest BCUT2D eigenvalue weighted by molar-refractivity contribution is 7.90. The molecule has 66 heavy (non-hydrogen) atoms. The summed E-state index contributed by atoms with van der Waals surface area (Å²) in [7, 11) is -4.24. The minimum absolute atomic E-state index is 0.0120. The monoisotopic (exact) mass is 918 g/mol. The highest BCUT2D eigenvalue weighted by atomic mass is 32.2. The van der Waals surface area contributed by atoms with Gasteiger partial charge in [0, 0.05) is 94.7 Å². The van der Waals surface area contributed by atoms with Crippen LogP contribution in [-0.2, 0) is 26.3 Å². The van der Waals surface area contributed by atoms with Crippen LogP contribution in [0.1, 0.15) is 40.7 Å². The second-order valence-corrected chi connectivity index (χ2v) is 18.9. The van der Waals surface area contributed by atoms with Crippen molar-refractivity contribution in [2.24, 2.45) is 5.92 Å². The summed E-state index contributed by atoms with van der Waals surface area (Å²) in [5, 5.41) is 12.5. The van der Waals surface area contributed by atoms with Gasteiger partial charge in [-0.2, -0.15) is 18.0 Å². The number of halogens is 2. The van der Waals surface area contributed by atoms with Gasteiger partial charge in [0.2, 0.25) is 11.8 Å². The summed E-state index contributed by atoms with van der Waals surface area (Å²) in [6.07, 6.45) is 0.716. The van der Waals surface area contributed by atoms with Crippen molar-refractivity contribution in [2.75, 3.05) is 73.4 Å². The molecule has 2 N–H and O–H groups in total. The molecule has 0 unspecified atom stereocenters. The minimum atomic E-state index is -4.24. The molecule has 10 rings (SSSR count). The lowest BCUT2D eigenvalue weighted by atomic mass is 9.97. The first kappa shape index (κ1) is 43.0. The van der Waals surface area contributed by atoms with Crippen LogP contribution in [0, 0.1) is 23.1 Å². The normalized spacial score (nSPS) is 20.6. The Kier molecular flexibility index (Phi) is 11.1. The molecule has 4 aromatic carbocycles. The number of imide groups is 1. The van der Waals surface area contributed by atoms with Gasteiger partial charge >= 0.3 is 10.2 Å². The van der Waals surface area contributed by atoms with Crippen molar-refractivity contribution >= 4 is 55.9 Å². The number of piperazine rings is 1. The Balaban J connectivity index is 0.742. The predicted octanol–water partition coefficient (Wildman–Crippen LogP) is 3.91. The number of hydrogen-bond acceptors (Lipinski definition) is 12. The standard InChI is InChI=1S/C46H44F2N10O7S/c47-30-13-14-56(26-30)66(63,64)52-40-10-8-38(48)43(37(40)21-49)65-34-6-9-39-36(20-34)46(62)58(27-50-39)32-3-1-31(2-4-32)54-17-15-53(16-18-54)22-28-23-55(24-28)33-5-7-35-29(19-33)25-57(45(35)61)41-11-12-42(59)51-44(41)60/h1-10,19-20,27-28,30,41,52H,11-18,22-26H2,(H,51,59,60)/t30-,41+/m0/s1. The molecule has 340 valence electrons. The molecule has 6 heterocycles. The van der Waals surface area contributed by atoms with Gasteiger partial charge in [-0.05, 0) is 91.2 Å². The predicted molar refractivity (Wildman–Crippen MR) is 239 cm³/mol. The molecule has 5 aliphatic rings. The Labute approximate surface area is 377 Å². The number of alkyl halides is 1. The number of amides is 3. The van der Waals surface area contributed by atoms with Crippen molar-refractivity contribution in [1.82, 2.24) is 29.0 Å². The maximum absolute atomic E-state index is 15.2. The SMILES string of the molecule is N#Cc1c(NS(=O)(=O)N2CC[C@H](F)C2)ccc(F)c1Oc1ccc2ncn(-c3ccc(N4CCN(CC5CN(c6ccc7c(c6)CN([C@@H]6CCC(=O)NC6=O)C7=O)C5)CC4)cc3)c(=O)c2c1. The third-order valence-electron chi connectivity index (χ3n) is 13.1. The summed E-state index contributed by atoms with van der Waals surface area (Å²) in [6, 6.07) is 21.1. The summed E-state index contributed by atoms with van der Waals surface area (Å²) in [5.74, 6) is -1.86. The Bertz CT molecular complexity index is 3010. The molecule has 0 radical (unpaired) electrons. The molecule has 4 saturated heterocycles. The van der Waals surface area contributed by atoms with Crippen molar-refractivity contribution in [3.8, 4) is 23.3 Å². The van der Waals surface area contributed by atoms with E-state index in [1.165, 1.54) is 29.1 Å². The highest BCUT2D eigenvalue weighted by Crippen LogP contribution is 2.36. The summed E-state index contributed by atoms with van der Waals surface area (Å²) in [5.41, 5.74) is 3.43. The van der Waals surface area contributed by atoms with Gasteiger partial charge in [0.25, 0.3) is 11.5 Å². The molecule has 3 amide bonds. The van der Waals surface area contributed by atoms with E-state index in [9.17, 15) is 37.2 Å². The van der Waals surface area contributed by atoms with Crippen LogP contribution >= 0.6 is 0 Å². The van der Waals surface area contributed by atoms with E-state index in [2.05, 4.69) is 35.8 Å². The van der Waals surface area contributed by atoms with E-state index >= 15 is 4.39 Å². The molecular formula is C46H44F2N10O7S. The number of rotatable bonds is 11. The van der Waals surface area contributed by atoms with Crippen LogP contribution in [0.5, 0.6) is 11.5 Å². The molecule has 0 bridgehead atoms. The average Bonchev–Trinajstić information content (AvgIpc) is 3.89. The summed E-state index contributed by atoms with van der Waals surface area (Å²) >= 11 is 0. The smallest absolute Gasteiger partial charge is 0.301 e. The Morgan fingerprint density at radius 3 is 2.35 bits per heavy atom. The van der Waals surface area contributed by atoms with Gasteiger partial charge < -0.3 is 19.4 Å². The first-order chi connectivity index (χ1) is 31.8. The van der Waals surface area contributed by atoms with E-state index in [1.807, 2.05) is 36.4 Å². The zero-order chi connectivity index (χ0) is 45.9. The molecule has 0 saturated carbocycles. The van der Waals surface area contributed by atoms with E-state index in [4.69, 9.17) is 4.74 Å². The highest BCUT2D eigenvalue weighted by Gasteiger charge is 2.40. The third-order valence-corrected chi connectivity index (χ3v) is 14.5. The van der Waals surface area contributed by atoms with Crippen molar-refractivity contribution < 1.29 is 36.3 Å². The van der Waals surface area contributed by atoms with Gasteiger partial charge in [0.05, 0.1) is 22.3 Å². The number of nitrogens with one attached hydrogen (secondary N) is 2. The van der Waals surface area contributed by atoms with E-state index < -0.39 is 51.0 Å². The number of carbonyl (C=O) groups is 3. The van der Waals surface area contributed by atoms with Gasteiger partial charge in [0.15, 0.2) is 11.6 Å². The Morgan fingerprint density at radius 1 is 0.864 bits per heavy atom. The quantitative estimate of drug-likeness (QED) is 0.182.